The summed E-state index contributed by atoms with van der Waals surface area (Å²) in [5.41, 5.74) is 5.17. The lowest BCUT2D eigenvalue weighted by Gasteiger charge is -2.00. The third-order valence-electron chi connectivity index (χ3n) is 1.49. The van der Waals surface area contributed by atoms with Gasteiger partial charge >= 0.3 is 0 Å². The van der Waals surface area contributed by atoms with Gasteiger partial charge in [-0.05, 0) is 12.1 Å². The molecule has 0 radical (unpaired) electrons. The Morgan fingerprint density at radius 1 is 1.15 bits per heavy atom. The van der Waals surface area contributed by atoms with Gasteiger partial charge < -0.3 is 18.1 Å². The molecule has 1 aromatic carbocycles. The van der Waals surface area contributed by atoms with Crippen LogP contribution >= 0.6 is 0 Å². The van der Waals surface area contributed by atoms with Gasteiger partial charge in [-0.2, -0.15) is 0 Å². The maximum Gasteiger partial charge on any atom is 0.179 e. The third kappa shape index (κ3) is 3.34. The molecule has 74 valence electrons. The Kier molecular flexibility index (Phi) is 4.98. The minimum Gasteiger partial charge on any atom is -1.00 e. The van der Waals surface area contributed by atoms with E-state index in [2.05, 4.69) is 0 Å². The Bertz CT molecular complexity index is 336. The SMILES string of the molecule is NCCS(=O)(=O)c1ccccc1.[Cl-]. The summed E-state index contributed by atoms with van der Waals surface area (Å²) >= 11 is 0. The van der Waals surface area contributed by atoms with Crippen molar-refractivity contribution in [1.29, 1.82) is 0 Å². The number of halogens is 1. The highest BCUT2D eigenvalue weighted by Crippen LogP contribution is 2.08. The summed E-state index contributed by atoms with van der Waals surface area (Å²) in [6, 6.07) is 8.32. The Morgan fingerprint density at radius 2 is 1.69 bits per heavy atom. The van der Waals surface area contributed by atoms with E-state index in [1.807, 2.05) is 0 Å². The smallest absolute Gasteiger partial charge is 0.179 e. The summed E-state index contributed by atoms with van der Waals surface area (Å²) in [7, 11) is -3.14. The van der Waals surface area contributed by atoms with E-state index in [1.54, 1.807) is 30.3 Å². The van der Waals surface area contributed by atoms with Gasteiger partial charge in [0.15, 0.2) is 9.84 Å². The van der Waals surface area contributed by atoms with Crippen LogP contribution in [0, 0.1) is 0 Å². The molecular formula is C8H11ClNO2S-. The Morgan fingerprint density at radius 3 is 2.15 bits per heavy atom. The summed E-state index contributed by atoms with van der Waals surface area (Å²) in [5, 5.41) is 0. The lowest BCUT2D eigenvalue weighted by Crippen LogP contribution is -3.00. The zero-order valence-electron chi connectivity index (χ0n) is 6.98. The Hall–Kier alpha value is -0.580. The average Bonchev–Trinajstić information content (AvgIpc) is 2.06. The number of rotatable bonds is 3. The van der Waals surface area contributed by atoms with Gasteiger partial charge in [-0.1, -0.05) is 18.2 Å². The highest BCUT2D eigenvalue weighted by Gasteiger charge is 2.11. The van der Waals surface area contributed by atoms with Crippen molar-refractivity contribution in [2.45, 2.75) is 4.90 Å². The maximum absolute atomic E-state index is 11.4. The van der Waals surface area contributed by atoms with Crippen molar-refractivity contribution < 1.29 is 20.8 Å². The molecule has 0 aliphatic rings. The third-order valence-corrected chi connectivity index (χ3v) is 3.25. The number of benzene rings is 1. The molecule has 1 rings (SSSR count). The summed E-state index contributed by atoms with van der Waals surface area (Å²) in [4.78, 5) is 0.343. The van der Waals surface area contributed by atoms with Crippen LogP contribution < -0.4 is 18.1 Å². The van der Waals surface area contributed by atoms with E-state index in [0.29, 0.717) is 4.90 Å². The molecule has 3 nitrogen and oxygen atoms in total. The minimum atomic E-state index is -3.14. The van der Waals surface area contributed by atoms with Crippen molar-refractivity contribution in [2.75, 3.05) is 12.3 Å². The molecule has 5 heteroatoms. The zero-order valence-corrected chi connectivity index (χ0v) is 8.55. The number of hydrogen-bond donors (Lipinski definition) is 1. The van der Waals surface area contributed by atoms with Crippen LogP contribution in [-0.2, 0) is 9.84 Å². The summed E-state index contributed by atoms with van der Waals surface area (Å²) < 4.78 is 22.7. The topological polar surface area (TPSA) is 60.2 Å². The number of hydrogen-bond acceptors (Lipinski definition) is 3. The Labute approximate surface area is 84.3 Å². The number of sulfone groups is 1. The molecular weight excluding hydrogens is 210 g/mol. The first-order valence-corrected chi connectivity index (χ1v) is 5.30. The molecule has 0 atom stereocenters. The fourth-order valence-corrected chi connectivity index (χ4v) is 2.02. The molecule has 2 N–H and O–H groups in total. The fraction of sp³-hybridized carbons (Fsp3) is 0.250. The fourth-order valence-electron chi connectivity index (χ4n) is 0.901. The van der Waals surface area contributed by atoms with Crippen LogP contribution in [0.25, 0.3) is 0 Å². The van der Waals surface area contributed by atoms with Crippen LogP contribution in [0.15, 0.2) is 35.2 Å². The van der Waals surface area contributed by atoms with Gasteiger partial charge in [-0.15, -0.1) is 0 Å². The predicted octanol–water partition coefficient (Wildman–Crippen LogP) is -2.58. The molecule has 0 bridgehead atoms. The molecule has 1 aromatic rings. The van der Waals surface area contributed by atoms with Gasteiger partial charge in [0.2, 0.25) is 0 Å². The molecule has 0 aliphatic heterocycles. The van der Waals surface area contributed by atoms with Crippen molar-refractivity contribution in [3.05, 3.63) is 30.3 Å². The highest BCUT2D eigenvalue weighted by atomic mass is 35.5. The van der Waals surface area contributed by atoms with Crippen LogP contribution in [-0.4, -0.2) is 20.7 Å². The van der Waals surface area contributed by atoms with Crippen LogP contribution in [0.2, 0.25) is 0 Å². The first-order valence-electron chi connectivity index (χ1n) is 3.65. The van der Waals surface area contributed by atoms with Crippen molar-refractivity contribution >= 4 is 9.84 Å². The van der Waals surface area contributed by atoms with E-state index < -0.39 is 9.84 Å². The standard InChI is InChI=1S/C8H11NO2S.ClH/c9-6-7-12(10,11)8-4-2-1-3-5-8;/h1-5H,6-7,9H2;1H/p-1. The average molecular weight is 221 g/mol. The van der Waals surface area contributed by atoms with Crippen LogP contribution in [0.3, 0.4) is 0 Å². The minimum absolute atomic E-state index is 0. The van der Waals surface area contributed by atoms with E-state index in [1.165, 1.54) is 0 Å². The molecule has 13 heavy (non-hydrogen) atoms. The van der Waals surface area contributed by atoms with E-state index >= 15 is 0 Å². The summed E-state index contributed by atoms with van der Waals surface area (Å²) in [6.07, 6.45) is 0. The van der Waals surface area contributed by atoms with Crippen molar-refractivity contribution in [3.8, 4) is 0 Å². The van der Waals surface area contributed by atoms with Crippen molar-refractivity contribution in [3.63, 3.8) is 0 Å². The second kappa shape index (κ2) is 5.21. The molecule has 0 heterocycles. The molecule has 0 unspecified atom stereocenters. The van der Waals surface area contributed by atoms with Gasteiger partial charge in [-0.3, -0.25) is 0 Å². The normalized spacial score (nSPS) is 10.5. The van der Waals surface area contributed by atoms with Gasteiger partial charge in [0, 0.05) is 6.54 Å². The molecule has 0 saturated heterocycles. The lowest BCUT2D eigenvalue weighted by molar-refractivity contribution is -0.00000500. The van der Waals surface area contributed by atoms with Gasteiger partial charge in [0.05, 0.1) is 10.6 Å². The molecule has 0 spiro atoms. The van der Waals surface area contributed by atoms with Crippen molar-refractivity contribution in [1.82, 2.24) is 0 Å². The summed E-state index contributed by atoms with van der Waals surface area (Å²) in [5.74, 6) is 0.0109. The van der Waals surface area contributed by atoms with Gasteiger partial charge in [-0.25, -0.2) is 8.42 Å². The van der Waals surface area contributed by atoms with E-state index in [9.17, 15) is 8.42 Å². The zero-order chi connectivity index (χ0) is 9.03. The van der Waals surface area contributed by atoms with E-state index in [0.717, 1.165) is 0 Å². The van der Waals surface area contributed by atoms with Crippen LogP contribution in [0.1, 0.15) is 0 Å². The first-order chi connectivity index (χ1) is 5.67. The second-order valence-corrected chi connectivity index (χ2v) is 4.53. The predicted molar refractivity (Wildman–Crippen MR) is 47.5 cm³/mol. The quantitative estimate of drug-likeness (QED) is 0.609. The highest BCUT2D eigenvalue weighted by molar-refractivity contribution is 7.91. The largest absolute Gasteiger partial charge is 1.00 e. The molecule has 0 amide bonds. The monoisotopic (exact) mass is 220 g/mol. The van der Waals surface area contributed by atoms with Gasteiger partial charge in [0.25, 0.3) is 0 Å². The van der Waals surface area contributed by atoms with Gasteiger partial charge in [0.1, 0.15) is 0 Å². The second-order valence-electron chi connectivity index (χ2n) is 2.42. The molecule has 0 aromatic heterocycles. The molecule has 0 fully saturated rings. The lowest BCUT2D eigenvalue weighted by atomic mass is 10.4. The van der Waals surface area contributed by atoms with E-state index in [4.69, 9.17) is 5.73 Å². The van der Waals surface area contributed by atoms with Crippen LogP contribution in [0.4, 0.5) is 0 Å². The molecule has 0 saturated carbocycles. The maximum atomic E-state index is 11.4. The van der Waals surface area contributed by atoms with E-state index in [-0.39, 0.29) is 24.7 Å². The first kappa shape index (κ1) is 12.4. The Balaban J connectivity index is 0.00000144. The van der Waals surface area contributed by atoms with Crippen LogP contribution in [0.5, 0.6) is 0 Å². The van der Waals surface area contributed by atoms with Crippen molar-refractivity contribution in [2.24, 2.45) is 5.73 Å². The number of nitrogens with two attached hydrogens (primary N) is 1. The molecule has 0 aliphatic carbocycles. The summed E-state index contributed by atoms with van der Waals surface area (Å²) in [6.45, 7) is 0.164.